The van der Waals surface area contributed by atoms with Crippen molar-refractivity contribution >= 4 is 23.3 Å². The normalized spacial score (nSPS) is 12.2. The number of benzene rings is 1. The van der Waals surface area contributed by atoms with Gasteiger partial charge in [0.2, 0.25) is 0 Å². The number of aromatic amines is 1. The lowest BCUT2D eigenvalue weighted by molar-refractivity contribution is -0.137. The number of aryl methyl sites for hydroxylation is 1. The molecule has 0 saturated heterocycles. The van der Waals surface area contributed by atoms with Crippen LogP contribution >= 0.6 is 12.2 Å². The number of alkyl halides is 3. The summed E-state index contributed by atoms with van der Waals surface area (Å²) in [6.07, 6.45) is -3.59. The Morgan fingerprint density at radius 3 is 2.75 bits per heavy atom. The summed E-state index contributed by atoms with van der Waals surface area (Å²) in [4.78, 5) is 2.82. The first-order chi connectivity index (χ1) is 9.43. The Labute approximate surface area is 119 Å². The van der Waals surface area contributed by atoms with Crippen LogP contribution in [0.25, 0.3) is 11.0 Å². The van der Waals surface area contributed by atoms with Crippen molar-refractivity contribution in [2.45, 2.75) is 26.1 Å². The van der Waals surface area contributed by atoms with Crippen LogP contribution in [0, 0.1) is 4.77 Å². The molecule has 1 heterocycles. The number of fused-ring (bicyclic) bond motifs is 1. The summed E-state index contributed by atoms with van der Waals surface area (Å²) in [5.74, 6) is 0. The van der Waals surface area contributed by atoms with Gasteiger partial charge in [-0.05, 0) is 43.8 Å². The third kappa shape index (κ3) is 3.21. The van der Waals surface area contributed by atoms with E-state index in [4.69, 9.17) is 17.0 Å². The van der Waals surface area contributed by atoms with Gasteiger partial charge >= 0.3 is 6.18 Å². The maximum absolute atomic E-state index is 12.6. The number of aromatic nitrogens is 2. The van der Waals surface area contributed by atoms with Crippen LogP contribution in [0.4, 0.5) is 13.2 Å². The standard InChI is InChI=1S/C13H15F3N2OS/c1-2-19-7-3-6-18-11-5-4-9(13(14,15)16)8-10(11)17-12(18)20/h4-5,8H,2-3,6-7H2,1H3,(H,17,20). The minimum Gasteiger partial charge on any atom is -0.382 e. The highest BCUT2D eigenvalue weighted by molar-refractivity contribution is 7.71. The van der Waals surface area contributed by atoms with E-state index in [0.717, 1.165) is 18.6 Å². The maximum Gasteiger partial charge on any atom is 0.416 e. The Morgan fingerprint density at radius 1 is 1.35 bits per heavy atom. The van der Waals surface area contributed by atoms with E-state index >= 15 is 0 Å². The van der Waals surface area contributed by atoms with Gasteiger partial charge in [0.1, 0.15) is 0 Å². The third-order valence-corrected chi connectivity index (χ3v) is 3.30. The summed E-state index contributed by atoms with van der Waals surface area (Å²) in [5, 5.41) is 0. The van der Waals surface area contributed by atoms with Crippen molar-refractivity contribution in [1.82, 2.24) is 9.55 Å². The largest absolute Gasteiger partial charge is 0.416 e. The van der Waals surface area contributed by atoms with E-state index in [-0.39, 0.29) is 0 Å². The van der Waals surface area contributed by atoms with Crippen molar-refractivity contribution in [2.75, 3.05) is 13.2 Å². The van der Waals surface area contributed by atoms with E-state index in [1.54, 1.807) is 4.57 Å². The predicted molar refractivity (Wildman–Crippen MR) is 73.2 cm³/mol. The Bertz CT molecular complexity index is 645. The molecule has 0 aliphatic heterocycles. The van der Waals surface area contributed by atoms with Crippen LogP contribution < -0.4 is 0 Å². The minimum absolute atomic E-state index is 0.404. The molecule has 0 aliphatic carbocycles. The molecule has 20 heavy (non-hydrogen) atoms. The topological polar surface area (TPSA) is 29.9 Å². The van der Waals surface area contributed by atoms with Crippen molar-refractivity contribution in [1.29, 1.82) is 0 Å². The van der Waals surface area contributed by atoms with Crippen molar-refractivity contribution < 1.29 is 17.9 Å². The zero-order chi connectivity index (χ0) is 14.8. The smallest absolute Gasteiger partial charge is 0.382 e. The van der Waals surface area contributed by atoms with Crippen molar-refractivity contribution in [3.63, 3.8) is 0 Å². The second-order valence-corrected chi connectivity index (χ2v) is 4.75. The molecule has 1 aromatic heterocycles. The number of nitrogens with one attached hydrogen (secondary N) is 1. The molecule has 0 radical (unpaired) electrons. The van der Waals surface area contributed by atoms with Gasteiger partial charge in [0.25, 0.3) is 0 Å². The second-order valence-electron chi connectivity index (χ2n) is 4.36. The summed E-state index contributed by atoms with van der Waals surface area (Å²) in [7, 11) is 0. The van der Waals surface area contributed by atoms with Crippen LogP contribution in [-0.2, 0) is 17.5 Å². The zero-order valence-corrected chi connectivity index (χ0v) is 11.8. The number of hydrogen-bond donors (Lipinski definition) is 1. The van der Waals surface area contributed by atoms with Gasteiger partial charge < -0.3 is 14.3 Å². The van der Waals surface area contributed by atoms with Crippen LogP contribution in [0.2, 0.25) is 0 Å². The molecule has 1 N–H and O–H groups in total. The van der Waals surface area contributed by atoms with Gasteiger partial charge in [-0.25, -0.2) is 0 Å². The van der Waals surface area contributed by atoms with E-state index in [9.17, 15) is 13.2 Å². The van der Waals surface area contributed by atoms with Gasteiger partial charge in [-0.3, -0.25) is 0 Å². The van der Waals surface area contributed by atoms with E-state index in [0.29, 0.717) is 35.6 Å². The number of imidazole rings is 1. The van der Waals surface area contributed by atoms with Gasteiger partial charge in [0.05, 0.1) is 16.6 Å². The van der Waals surface area contributed by atoms with E-state index < -0.39 is 11.7 Å². The Morgan fingerprint density at radius 2 is 2.10 bits per heavy atom. The number of H-pyrrole nitrogens is 1. The lowest BCUT2D eigenvalue weighted by Gasteiger charge is -2.07. The molecule has 0 aliphatic rings. The van der Waals surface area contributed by atoms with E-state index in [2.05, 4.69) is 4.98 Å². The first-order valence-corrected chi connectivity index (χ1v) is 6.72. The van der Waals surface area contributed by atoms with Crippen molar-refractivity contribution in [2.24, 2.45) is 0 Å². The maximum atomic E-state index is 12.6. The Hall–Kier alpha value is -1.34. The minimum atomic E-state index is -4.35. The van der Waals surface area contributed by atoms with Gasteiger partial charge in [-0.15, -0.1) is 0 Å². The van der Waals surface area contributed by atoms with Gasteiger partial charge in [0.15, 0.2) is 4.77 Å². The first-order valence-electron chi connectivity index (χ1n) is 6.31. The second kappa shape index (κ2) is 5.97. The first kappa shape index (κ1) is 15.1. The fraction of sp³-hybridized carbons (Fsp3) is 0.462. The number of halogens is 3. The highest BCUT2D eigenvalue weighted by atomic mass is 32.1. The lowest BCUT2D eigenvalue weighted by atomic mass is 10.2. The molecule has 110 valence electrons. The van der Waals surface area contributed by atoms with E-state index in [1.165, 1.54) is 6.07 Å². The lowest BCUT2D eigenvalue weighted by Crippen LogP contribution is -2.05. The molecule has 0 saturated carbocycles. The quantitative estimate of drug-likeness (QED) is 0.664. The van der Waals surface area contributed by atoms with Crippen LogP contribution in [-0.4, -0.2) is 22.8 Å². The highest BCUT2D eigenvalue weighted by Crippen LogP contribution is 2.31. The molecular formula is C13H15F3N2OS. The van der Waals surface area contributed by atoms with Gasteiger partial charge in [-0.1, -0.05) is 0 Å². The molecule has 0 fully saturated rings. The summed E-state index contributed by atoms with van der Waals surface area (Å²) < 4.78 is 45.4. The number of nitrogens with zero attached hydrogens (tertiary/aromatic N) is 1. The number of ether oxygens (including phenoxy) is 1. The van der Waals surface area contributed by atoms with Crippen LogP contribution in [0.15, 0.2) is 18.2 Å². The number of hydrogen-bond acceptors (Lipinski definition) is 2. The van der Waals surface area contributed by atoms with Crippen LogP contribution in [0.5, 0.6) is 0 Å². The average Bonchev–Trinajstić information content (AvgIpc) is 2.69. The Kier molecular flexibility index (Phi) is 4.49. The predicted octanol–water partition coefficient (Wildman–Crippen LogP) is 4.14. The molecule has 2 rings (SSSR count). The van der Waals surface area contributed by atoms with Crippen LogP contribution in [0.1, 0.15) is 18.9 Å². The molecule has 1 aromatic carbocycles. The fourth-order valence-electron chi connectivity index (χ4n) is 2.03. The molecular weight excluding hydrogens is 289 g/mol. The highest BCUT2D eigenvalue weighted by Gasteiger charge is 2.30. The molecule has 0 unspecified atom stereocenters. The molecule has 0 bridgehead atoms. The molecule has 0 atom stereocenters. The summed E-state index contributed by atoms with van der Waals surface area (Å²) >= 11 is 5.15. The van der Waals surface area contributed by atoms with Crippen molar-refractivity contribution in [3.05, 3.63) is 28.5 Å². The van der Waals surface area contributed by atoms with E-state index in [1.807, 2.05) is 6.92 Å². The fourth-order valence-corrected chi connectivity index (χ4v) is 2.33. The van der Waals surface area contributed by atoms with Gasteiger partial charge in [-0.2, -0.15) is 13.2 Å². The summed E-state index contributed by atoms with van der Waals surface area (Å²) in [6.45, 7) is 3.78. The molecule has 7 heteroatoms. The zero-order valence-electron chi connectivity index (χ0n) is 11.0. The summed E-state index contributed by atoms with van der Waals surface area (Å²) in [5.41, 5.74) is 0.406. The molecule has 2 aromatic rings. The molecule has 3 nitrogen and oxygen atoms in total. The number of rotatable bonds is 5. The van der Waals surface area contributed by atoms with Crippen LogP contribution in [0.3, 0.4) is 0 Å². The molecule has 0 amide bonds. The average molecular weight is 304 g/mol. The summed E-state index contributed by atoms with van der Waals surface area (Å²) in [6, 6.07) is 3.61. The SMILES string of the molecule is CCOCCCn1c(=S)[nH]c2cc(C(F)(F)F)ccc21. The Balaban J connectivity index is 2.28. The van der Waals surface area contributed by atoms with Gasteiger partial charge in [0, 0.05) is 19.8 Å². The third-order valence-electron chi connectivity index (χ3n) is 2.98. The van der Waals surface area contributed by atoms with Crippen molar-refractivity contribution in [3.8, 4) is 0 Å². The molecule has 0 spiro atoms. The monoisotopic (exact) mass is 304 g/mol.